The average molecular weight is 925 g/mol. The fourth-order valence-corrected chi connectivity index (χ4v) is 8.90. The maximum Gasteiger partial charge on any atom is 0.340 e. The first-order valence-corrected chi connectivity index (χ1v) is 23.5. The summed E-state index contributed by atoms with van der Waals surface area (Å²) in [7, 11) is 0. The van der Waals surface area contributed by atoms with Crippen LogP contribution in [0.15, 0.2) is 0 Å². The minimum atomic E-state index is -1.23. The molecule has 6 saturated heterocycles. The number of carbonyl (C=O) groups is 6. The second-order valence-corrected chi connectivity index (χ2v) is 22.3. The quantitative estimate of drug-likeness (QED) is 0.0919. The van der Waals surface area contributed by atoms with Crippen molar-refractivity contribution in [1.29, 1.82) is 0 Å². The van der Waals surface area contributed by atoms with E-state index in [1.54, 1.807) is 83.1 Å². The van der Waals surface area contributed by atoms with Crippen molar-refractivity contribution in [1.82, 2.24) is 31.9 Å². The van der Waals surface area contributed by atoms with Gasteiger partial charge < -0.3 is 60.3 Å². The van der Waals surface area contributed by atoms with Crippen molar-refractivity contribution >= 4 is 35.8 Å². The Labute approximate surface area is 388 Å². The van der Waals surface area contributed by atoms with E-state index in [4.69, 9.17) is 28.4 Å². The summed E-state index contributed by atoms with van der Waals surface area (Å²) in [5.74, 6) is -8.54. The van der Waals surface area contributed by atoms with Crippen LogP contribution in [0.1, 0.15) is 145 Å². The van der Waals surface area contributed by atoms with Gasteiger partial charge >= 0.3 is 35.8 Å². The average Bonchev–Trinajstić information content (AvgIpc) is 2.98. The molecule has 7 rings (SSSR count). The molecule has 0 amide bonds. The molecule has 0 aliphatic carbocycles. The molecule has 0 saturated carbocycles. The van der Waals surface area contributed by atoms with Crippen LogP contribution in [0.5, 0.6) is 0 Å². The molecule has 6 aliphatic heterocycles. The number of carbonyl (C=O) groups excluding carboxylic acids is 6. The Morgan fingerprint density at radius 3 is 0.455 bits per heavy atom. The predicted molar refractivity (Wildman–Crippen MR) is 242 cm³/mol. The molecule has 1 aromatic rings. The monoisotopic (exact) mass is 925 g/mol. The zero-order valence-corrected chi connectivity index (χ0v) is 40.8. The molecule has 18 nitrogen and oxygen atoms in total. The Kier molecular flexibility index (Phi) is 13.6. The van der Waals surface area contributed by atoms with Gasteiger partial charge in [0, 0.05) is 114 Å². The molecule has 18 heteroatoms. The van der Waals surface area contributed by atoms with E-state index < -0.39 is 103 Å². The molecule has 1 aromatic carbocycles. The van der Waals surface area contributed by atoms with E-state index in [1.807, 2.05) is 0 Å². The molecule has 0 bridgehead atoms. The topological polar surface area (TPSA) is 230 Å². The Hall–Kier alpha value is -4.20. The van der Waals surface area contributed by atoms with Gasteiger partial charge in [-0.25, -0.2) is 28.8 Å². The van der Waals surface area contributed by atoms with E-state index in [2.05, 4.69) is 31.9 Å². The Morgan fingerprint density at radius 1 is 0.273 bits per heavy atom. The number of hydrogen-bond donors (Lipinski definition) is 6. The molecule has 66 heavy (non-hydrogen) atoms. The molecule has 0 radical (unpaired) electrons. The van der Waals surface area contributed by atoms with Crippen LogP contribution < -0.4 is 31.9 Å². The second-order valence-electron chi connectivity index (χ2n) is 22.3. The highest BCUT2D eigenvalue weighted by Crippen LogP contribution is 2.41. The highest BCUT2D eigenvalue weighted by atomic mass is 16.6. The first-order valence-electron chi connectivity index (χ1n) is 23.5. The van der Waals surface area contributed by atoms with Crippen LogP contribution in [0.2, 0.25) is 0 Å². The van der Waals surface area contributed by atoms with Crippen molar-refractivity contribution < 1.29 is 57.2 Å². The Morgan fingerprint density at radius 2 is 0.379 bits per heavy atom. The molecule has 0 atom stereocenters. The van der Waals surface area contributed by atoms with Gasteiger partial charge in [-0.05, 0) is 83.1 Å². The minimum Gasteiger partial charge on any atom is -0.456 e. The molecule has 0 unspecified atom stereocenters. The van der Waals surface area contributed by atoms with E-state index in [-0.39, 0.29) is 35.5 Å². The first-order chi connectivity index (χ1) is 30.7. The first kappa shape index (κ1) is 49.7. The zero-order chi connectivity index (χ0) is 48.4. The number of ether oxygens (including phenoxy) is 6. The number of hydrogen-bond acceptors (Lipinski definition) is 18. The third kappa shape index (κ3) is 9.73. The van der Waals surface area contributed by atoms with Gasteiger partial charge in [0.15, 0.2) is 0 Å². The second kappa shape index (κ2) is 18.0. The summed E-state index contributed by atoms with van der Waals surface area (Å²) < 4.78 is 37.8. The molecule has 6 N–H and O–H groups in total. The third-order valence-electron chi connectivity index (χ3n) is 15.4. The fraction of sp³-hybridized carbons (Fsp3) is 0.750. The highest BCUT2D eigenvalue weighted by molar-refractivity contribution is 6.24. The summed E-state index contributed by atoms with van der Waals surface area (Å²) >= 11 is 0. The number of esters is 6. The van der Waals surface area contributed by atoms with Gasteiger partial charge in [-0.15, -0.1) is 0 Å². The van der Waals surface area contributed by atoms with Crippen LogP contribution in [0.3, 0.4) is 0 Å². The standard InChI is InChI=1S/C48H72N6O12/c1-43(2,25-13-49-14-25)61-37(55)31-32(38(56)62-44(3,4)26-15-50-16-26)34(40(58)64-46(7,8)28-19-52-20-28)36(42(60)66-48(11,12)30-23-54-24-30)35(41(59)65-47(9,10)29-21-53-22-29)33(31)39(57)63-45(5,6)27-17-51-18-27/h25-30,49-54H,13-24H2,1-12H3. The Bertz CT molecular complexity index is 1710. The van der Waals surface area contributed by atoms with E-state index >= 15 is 28.8 Å². The molecule has 6 aliphatic rings. The number of rotatable bonds is 18. The summed E-state index contributed by atoms with van der Waals surface area (Å²) in [6, 6.07) is 0. The smallest absolute Gasteiger partial charge is 0.340 e. The highest BCUT2D eigenvalue weighted by Gasteiger charge is 2.52. The van der Waals surface area contributed by atoms with Crippen molar-refractivity contribution in [3.63, 3.8) is 0 Å². The lowest BCUT2D eigenvalue weighted by Crippen LogP contribution is -2.56. The molecular weight excluding hydrogens is 853 g/mol. The van der Waals surface area contributed by atoms with Crippen LogP contribution in [0.25, 0.3) is 0 Å². The lowest BCUT2D eigenvalue weighted by Gasteiger charge is -2.42. The number of nitrogens with one attached hydrogen (secondary N) is 6. The van der Waals surface area contributed by atoms with Gasteiger partial charge in [-0.2, -0.15) is 0 Å². The van der Waals surface area contributed by atoms with Crippen LogP contribution in [-0.4, -0.2) is 148 Å². The SMILES string of the molecule is CC(C)(OC(=O)c1c(C(=O)OC(C)(C)C2CNC2)c(C(=O)OC(C)(C)C2CNC2)c(C(=O)OC(C)(C)C2CNC2)c(C(=O)OC(C)(C)C2CNC2)c1C(=O)OC(C)(C)C1CNC1)C1CNC1. The fourth-order valence-electron chi connectivity index (χ4n) is 8.90. The lowest BCUT2D eigenvalue weighted by molar-refractivity contribution is -0.0509. The lowest BCUT2D eigenvalue weighted by atomic mass is 9.82. The van der Waals surface area contributed by atoms with Crippen LogP contribution in [0.4, 0.5) is 0 Å². The van der Waals surface area contributed by atoms with Gasteiger partial charge in [-0.1, -0.05) is 0 Å². The van der Waals surface area contributed by atoms with Crippen molar-refractivity contribution in [3.05, 3.63) is 33.4 Å². The molecule has 6 fully saturated rings. The maximum atomic E-state index is 15.5. The van der Waals surface area contributed by atoms with E-state index in [0.29, 0.717) is 78.5 Å². The van der Waals surface area contributed by atoms with Gasteiger partial charge in [0.05, 0.1) is 33.4 Å². The number of benzene rings is 1. The third-order valence-corrected chi connectivity index (χ3v) is 15.4. The molecule has 0 aromatic heterocycles. The summed E-state index contributed by atoms with van der Waals surface area (Å²) in [5.41, 5.74) is -12.0. The summed E-state index contributed by atoms with van der Waals surface area (Å²) in [6.45, 7) is 26.4. The largest absolute Gasteiger partial charge is 0.456 e. The molecule has 366 valence electrons. The van der Waals surface area contributed by atoms with Gasteiger partial charge in [0.2, 0.25) is 0 Å². The van der Waals surface area contributed by atoms with Crippen molar-refractivity contribution in [2.45, 2.75) is 117 Å². The molecule has 0 spiro atoms. The van der Waals surface area contributed by atoms with E-state index in [9.17, 15) is 0 Å². The minimum absolute atomic E-state index is 0.192. The van der Waals surface area contributed by atoms with Crippen molar-refractivity contribution in [2.75, 3.05) is 78.5 Å². The molecule has 6 heterocycles. The normalized spacial score (nSPS) is 20.5. The Balaban J connectivity index is 1.57. The maximum absolute atomic E-state index is 15.5. The van der Waals surface area contributed by atoms with Gasteiger partial charge in [-0.3, -0.25) is 0 Å². The van der Waals surface area contributed by atoms with Crippen LogP contribution >= 0.6 is 0 Å². The van der Waals surface area contributed by atoms with Crippen LogP contribution in [0, 0.1) is 35.5 Å². The molecular formula is C48H72N6O12. The van der Waals surface area contributed by atoms with Crippen LogP contribution in [-0.2, 0) is 28.4 Å². The zero-order valence-electron chi connectivity index (χ0n) is 40.8. The van der Waals surface area contributed by atoms with Gasteiger partial charge in [0.1, 0.15) is 33.6 Å². The summed E-state index contributed by atoms with van der Waals surface area (Å²) in [6.07, 6.45) is 0. The van der Waals surface area contributed by atoms with E-state index in [1.165, 1.54) is 0 Å². The van der Waals surface area contributed by atoms with E-state index in [0.717, 1.165) is 0 Å². The summed E-state index contributed by atoms with van der Waals surface area (Å²) in [5, 5.41) is 19.1. The summed E-state index contributed by atoms with van der Waals surface area (Å²) in [4.78, 5) is 92.8. The van der Waals surface area contributed by atoms with Crippen molar-refractivity contribution in [3.8, 4) is 0 Å². The predicted octanol–water partition coefficient (Wildman–Crippen LogP) is 2.62. The van der Waals surface area contributed by atoms with Crippen molar-refractivity contribution in [2.24, 2.45) is 35.5 Å². The van der Waals surface area contributed by atoms with Gasteiger partial charge in [0.25, 0.3) is 0 Å².